The number of hydrogen-bond donors (Lipinski definition) is 3. The number of esters is 1. The zero-order valence-corrected chi connectivity index (χ0v) is 19.8. The molecule has 4 rings (SSSR count). The fourth-order valence-electron chi connectivity index (χ4n) is 4.24. The summed E-state index contributed by atoms with van der Waals surface area (Å²) in [6.45, 7) is -0.892. The minimum absolute atomic E-state index is 0.00970. The molecule has 2 aliphatic heterocycles. The lowest BCUT2D eigenvalue weighted by Crippen LogP contribution is -2.53. The summed E-state index contributed by atoms with van der Waals surface area (Å²) in [6, 6.07) is 14.5. The van der Waals surface area contributed by atoms with E-state index in [0.717, 1.165) is 5.56 Å². The summed E-state index contributed by atoms with van der Waals surface area (Å²) in [5.41, 5.74) is 1.64. The van der Waals surface area contributed by atoms with E-state index in [4.69, 9.17) is 9.47 Å². The van der Waals surface area contributed by atoms with Crippen LogP contribution >= 0.6 is 0 Å². The van der Waals surface area contributed by atoms with Crippen molar-refractivity contribution < 1.29 is 33.8 Å². The van der Waals surface area contributed by atoms with Crippen molar-refractivity contribution in [1.29, 1.82) is 0 Å². The van der Waals surface area contributed by atoms with Crippen LogP contribution in [0.5, 0.6) is 0 Å². The Labute approximate surface area is 208 Å². The van der Waals surface area contributed by atoms with Crippen molar-refractivity contribution >= 4 is 35.1 Å². The lowest BCUT2D eigenvalue weighted by molar-refractivity contribution is -0.168. The number of aliphatic hydroxyl groups excluding tert-OH is 1. The lowest BCUT2D eigenvalue weighted by Gasteiger charge is -2.26. The minimum Gasteiger partial charge on any atom is -0.433 e. The van der Waals surface area contributed by atoms with E-state index in [0.29, 0.717) is 11.4 Å². The minimum atomic E-state index is -0.962. The molecule has 2 unspecified atom stereocenters. The zero-order chi connectivity index (χ0) is 25.7. The predicted octanol–water partition coefficient (Wildman–Crippen LogP) is -0.0789. The number of rotatable bonds is 8. The quantitative estimate of drug-likeness (QED) is 0.432. The number of carbonyl (C=O) groups is 4. The van der Waals surface area contributed by atoms with Gasteiger partial charge in [-0.3, -0.25) is 24.1 Å². The molecule has 11 nitrogen and oxygen atoms in total. The second kappa shape index (κ2) is 11.3. The van der Waals surface area contributed by atoms with E-state index in [1.54, 1.807) is 31.3 Å². The highest BCUT2D eigenvalue weighted by atomic mass is 16.7. The van der Waals surface area contributed by atoms with Gasteiger partial charge in [-0.15, -0.1) is 0 Å². The third-order valence-corrected chi connectivity index (χ3v) is 6.05. The van der Waals surface area contributed by atoms with Gasteiger partial charge >= 0.3 is 5.97 Å². The molecule has 2 aromatic rings. The van der Waals surface area contributed by atoms with Gasteiger partial charge in [-0.2, -0.15) is 0 Å². The number of nitrogens with zero attached hydrogens (tertiary/aromatic N) is 2. The number of likely N-dealkylation sites (N-methyl/N-ethyl adjacent to an activating group) is 1. The van der Waals surface area contributed by atoms with E-state index in [1.807, 2.05) is 30.3 Å². The average molecular weight is 497 g/mol. The second-order valence-corrected chi connectivity index (χ2v) is 8.45. The van der Waals surface area contributed by atoms with Crippen LogP contribution < -0.4 is 20.4 Å². The molecule has 190 valence electrons. The summed E-state index contributed by atoms with van der Waals surface area (Å²) in [6.07, 6.45) is -1.02. The van der Waals surface area contributed by atoms with Crippen molar-refractivity contribution in [1.82, 2.24) is 10.6 Å². The van der Waals surface area contributed by atoms with E-state index < -0.39 is 48.7 Å². The zero-order valence-electron chi connectivity index (χ0n) is 19.8. The Bertz CT molecular complexity index is 1130. The molecule has 36 heavy (non-hydrogen) atoms. The van der Waals surface area contributed by atoms with Gasteiger partial charge < -0.3 is 30.1 Å². The molecule has 0 aliphatic carbocycles. The Morgan fingerprint density at radius 2 is 1.78 bits per heavy atom. The Hall–Kier alpha value is -3.80. The molecule has 0 spiro atoms. The van der Waals surface area contributed by atoms with Crippen molar-refractivity contribution in [3.05, 3.63) is 60.2 Å². The lowest BCUT2D eigenvalue weighted by atomic mass is 10.2. The Kier molecular flexibility index (Phi) is 7.93. The van der Waals surface area contributed by atoms with E-state index in [2.05, 4.69) is 10.6 Å². The molecule has 3 amide bonds. The SMILES string of the molecule is CN[C@H]1CN(C(=O)CO)c2ccccc2N(CC(=O)NC2CC(=O)OC2OCc2ccccc2)C1=O. The Balaban J connectivity index is 1.50. The molecule has 2 aromatic carbocycles. The van der Waals surface area contributed by atoms with Crippen LogP contribution in [0, 0.1) is 0 Å². The van der Waals surface area contributed by atoms with Gasteiger partial charge in [0.05, 0.1) is 30.9 Å². The van der Waals surface area contributed by atoms with Gasteiger partial charge in [-0.05, 0) is 24.7 Å². The van der Waals surface area contributed by atoms with Crippen molar-refractivity contribution in [2.45, 2.75) is 31.4 Å². The van der Waals surface area contributed by atoms with Crippen LogP contribution in [-0.4, -0.2) is 73.9 Å². The number of para-hydroxylation sites is 2. The molecule has 1 saturated heterocycles. The molecular weight excluding hydrogens is 468 g/mol. The molecule has 1 fully saturated rings. The first-order chi connectivity index (χ1) is 17.4. The molecular formula is C25H28N4O7. The second-order valence-electron chi connectivity index (χ2n) is 8.45. The number of anilines is 2. The Morgan fingerprint density at radius 3 is 2.47 bits per heavy atom. The number of hydrogen-bond acceptors (Lipinski definition) is 8. The predicted molar refractivity (Wildman–Crippen MR) is 129 cm³/mol. The van der Waals surface area contributed by atoms with Crippen molar-refractivity contribution in [3.63, 3.8) is 0 Å². The average Bonchev–Trinajstić information content (AvgIpc) is 3.19. The van der Waals surface area contributed by atoms with Gasteiger partial charge in [0.15, 0.2) is 0 Å². The van der Waals surface area contributed by atoms with Crippen LogP contribution in [0.25, 0.3) is 0 Å². The maximum Gasteiger partial charge on any atom is 0.310 e. The summed E-state index contributed by atoms with van der Waals surface area (Å²) < 4.78 is 11.0. The number of benzene rings is 2. The molecule has 0 aromatic heterocycles. The van der Waals surface area contributed by atoms with Gasteiger partial charge in [0.2, 0.25) is 18.1 Å². The van der Waals surface area contributed by atoms with Crippen molar-refractivity contribution in [2.75, 3.05) is 36.5 Å². The van der Waals surface area contributed by atoms with Crippen LogP contribution in [0.15, 0.2) is 54.6 Å². The van der Waals surface area contributed by atoms with Crippen LogP contribution in [0.2, 0.25) is 0 Å². The van der Waals surface area contributed by atoms with Gasteiger partial charge in [-0.25, -0.2) is 0 Å². The topological polar surface area (TPSA) is 138 Å². The van der Waals surface area contributed by atoms with Crippen LogP contribution in [-0.2, 0) is 35.3 Å². The van der Waals surface area contributed by atoms with E-state index in [9.17, 15) is 24.3 Å². The first-order valence-electron chi connectivity index (χ1n) is 11.5. The normalized spacial score (nSPS) is 21.6. The molecule has 2 aliphatic rings. The largest absolute Gasteiger partial charge is 0.433 e. The molecule has 2 heterocycles. The van der Waals surface area contributed by atoms with Crippen molar-refractivity contribution in [2.24, 2.45) is 0 Å². The highest BCUT2D eigenvalue weighted by Gasteiger charge is 2.39. The van der Waals surface area contributed by atoms with Gasteiger partial charge in [-0.1, -0.05) is 42.5 Å². The summed E-state index contributed by atoms with van der Waals surface area (Å²) in [4.78, 5) is 53.3. The highest BCUT2D eigenvalue weighted by Crippen LogP contribution is 2.32. The number of fused-ring (bicyclic) bond motifs is 1. The van der Waals surface area contributed by atoms with E-state index in [1.165, 1.54) is 9.80 Å². The van der Waals surface area contributed by atoms with E-state index in [-0.39, 0.29) is 26.1 Å². The third kappa shape index (κ3) is 5.54. The van der Waals surface area contributed by atoms with Crippen LogP contribution in [0.4, 0.5) is 11.4 Å². The summed E-state index contributed by atoms with van der Waals surface area (Å²) >= 11 is 0. The Morgan fingerprint density at radius 1 is 1.08 bits per heavy atom. The molecule has 11 heteroatoms. The monoisotopic (exact) mass is 496 g/mol. The molecule has 0 radical (unpaired) electrons. The first-order valence-corrected chi connectivity index (χ1v) is 11.5. The summed E-state index contributed by atoms with van der Waals surface area (Å²) in [5, 5.41) is 15.1. The molecule has 3 atom stereocenters. The fraction of sp³-hybridized carbons (Fsp3) is 0.360. The molecule has 3 N–H and O–H groups in total. The molecule has 0 bridgehead atoms. The first kappa shape index (κ1) is 25.3. The van der Waals surface area contributed by atoms with E-state index >= 15 is 0 Å². The number of amides is 3. The van der Waals surface area contributed by atoms with Crippen molar-refractivity contribution in [3.8, 4) is 0 Å². The number of nitrogens with one attached hydrogen (secondary N) is 2. The number of cyclic esters (lactones) is 1. The standard InChI is InChI=1S/C25H28N4O7/c1-26-18-12-28(22(32)14-30)19-9-5-6-10-20(19)29(24(18)34)13-21(31)27-17-11-23(33)36-25(17)35-15-16-7-3-2-4-8-16/h2-10,17-18,25-26,30H,11-15H2,1H3,(H,27,31)/t17?,18-,25?/m0/s1. The molecule has 0 saturated carbocycles. The maximum absolute atomic E-state index is 13.3. The highest BCUT2D eigenvalue weighted by molar-refractivity contribution is 6.09. The summed E-state index contributed by atoms with van der Waals surface area (Å²) in [5.74, 6) is -2.00. The number of ether oxygens (including phenoxy) is 2. The van der Waals surface area contributed by atoms with Crippen LogP contribution in [0.3, 0.4) is 0 Å². The fourth-order valence-corrected chi connectivity index (χ4v) is 4.24. The van der Waals surface area contributed by atoms with Gasteiger partial charge in [0, 0.05) is 0 Å². The van der Waals surface area contributed by atoms with Gasteiger partial charge in [0.25, 0.3) is 5.91 Å². The summed E-state index contributed by atoms with van der Waals surface area (Å²) in [7, 11) is 1.58. The third-order valence-electron chi connectivity index (χ3n) is 6.05. The smallest absolute Gasteiger partial charge is 0.310 e. The van der Waals surface area contributed by atoms with Gasteiger partial charge in [0.1, 0.15) is 25.2 Å². The van der Waals surface area contributed by atoms with Crippen LogP contribution in [0.1, 0.15) is 12.0 Å². The number of aliphatic hydroxyl groups is 1. The number of carbonyl (C=O) groups excluding carboxylic acids is 4. The maximum atomic E-state index is 13.3.